The first kappa shape index (κ1) is 11.8. The average molecular weight is 279 g/mol. The molecule has 5 nitrogen and oxygen atoms in total. The minimum atomic E-state index is -0.405. The molecule has 1 aliphatic carbocycles. The zero-order valence-electron chi connectivity index (χ0n) is 11.0. The van der Waals surface area contributed by atoms with Gasteiger partial charge < -0.3 is 5.11 Å². The van der Waals surface area contributed by atoms with Gasteiger partial charge >= 0.3 is 0 Å². The van der Waals surface area contributed by atoms with Gasteiger partial charge in [-0.15, -0.1) is 0 Å². The summed E-state index contributed by atoms with van der Waals surface area (Å²) in [6.45, 7) is 0. The summed E-state index contributed by atoms with van der Waals surface area (Å²) in [5, 5.41) is 10.9. The molecule has 2 aliphatic rings. The minimum Gasteiger partial charge on any atom is -0.507 e. The molecule has 2 aromatic rings. The van der Waals surface area contributed by atoms with Gasteiger partial charge in [-0.3, -0.25) is 19.3 Å². The molecule has 0 aromatic heterocycles. The molecule has 0 radical (unpaired) electrons. The van der Waals surface area contributed by atoms with Gasteiger partial charge in [-0.1, -0.05) is 0 Å². The summed E-state index contributed by atoms with van der Waals surface area (Å²) < 4.78 is 0. The van der Waals surface area contributed by atoms with E-state index in [0.29, 0.717) is 33.0 Å². The standard InChI is InChI=1S/C16H9NO4/c1-17-15(20)9-4-2-7-11(18)6-12(19)8-3-5-10(16(17)21)14(9)13(7)8/h2-6,18H,1H3. The lowest BCUT2D eigenvalue weighted by molar-refractivity contribution is 0.0650. The third-order valence-corrected chi connectivity index (χ3v) is 4.04. The van der Waals surface area contributed by atoms with Crippen LogP contribution in [0.1, 0.15) is 36.6 Å². The van der Waals surface area contributed by atoms with E-state index in [1.165, 1.54) is 7.05 Å². The lowest BCUT2D eigenvalue weighted by Crippen LogP contribution is -2.37. The third-order valence-electron chi connectivity index (χ3n) is 4.04. The number of aliphatic hydroxyl groups is 1. The maximum Gasteiger partial charge on any atom is 0.261 e. The highest BCUT2D eigenvalue weighted by Crippen LogP contribution is 2.38. The molecule has 0 saturated carbocycles. The number of aliphatic hydroxyl groups excluding tert-OH is 1. The Kier molecular flexibility index (Phi) is 2.02. The number of allylic oxidation sites excluding steroid dienone is 1. The molecule has 21 heavy (non-hydrogen) atoms. The fourth-order valence-electron chi connectivity index (χ4n) is 3.00. The Balaban J connectivity index is 2.27. The Morgan fingerprint density at radius 3 is 1.90 bits per heavy atom. The maximum absolute atomic E-state index is 12.2. The van der Waals surface area contributed by atoms with Crippen molar-refractivity contribution in [3.63, 3.8) is 0 Å². The van der Waals surface area contributed by atoms with Crippen molar-refractivity contribution in [1.82, 2.24) is 4.90 Å². The molecule has 0 saturated heterocycles. The van der Waals surface area contributed by atoms with Crippen LogP contribution in [0.25, 0.3) is 16.5 Å². The van der Waals surface area contributed by atoms with Crippen molar-refractivity contribution in [2.24, 2.45) is 0 Å². The van der Waals surface area contributed by atoms with Gasteiger partial charge in [-0.2, -0.15) is 0 Å². The van der Waals surface area contributed by atoms with Crippen molar-refractivity contribution in [2.75, 3.05) is 7.05 Å². The molecule has 0 fully saturated rings. The van der Waals surface area contributed by atoms with Crippen LogP contribution in [0.5, 0.6) is 0 Å². The van der Waals surface area contributed by atoms with E-state index in [9.17, 15) is 19.5 Å². The second-order valence-corrected chi connectivity index (χ2v) is 5.13. The van der Waals surface area contributed by atoms with Gasteiger partial charge in [0.05, 0.1) is 0 Å². The number of nitrogens with zero attached hydrogens (tertiary/aromatic N) is 1. The molecule has 102 valence electrons. The molecule has 1 N–H and O–H groups in total. The topological polar surface area (TPSA) is 74.7 Å². The zero-order chi connectivity index (χ0) is 14.9. The van der Waals surface area contributed by atoms with E-state index in [-0.39, 0.29) is 11.5 Å². The number of imide groups is 1. The number of amides is 2. The Morgan fingerprint density at radius 2 is 1.29 bits per heavy atom. The zero-order valence-corrected chi connectivity index (χ0v) is 11.0. The van der Waals surface area contributed by atoms with Gasteiger partial charge in [0.25, 0.3) is 11.8 Å². The number of ketones is 1. The molecular formula is C16H9NO4. The van der Waals surface area contributed by atoms with Crippen LogP contribution in [0, 0.1) is 0 Å². The predicted octanol–water partition coefficient (Wildman–Crippen LogP) is 2.16. The van der Waals surface area contributed by atoms with Crippen LogP contribution in [0.2, 0.25) is 0 Å². The smallest absolute Gasteiger partial charge is 0.261 e. The molecular weight excluding hydrogens is 270 g/mol. The van der Waals surface area contributed by atoms with Gasteiger partial charge in [-0.25, -0.2) is 0 Å². The number of hydrogen-bond acceptors (Lipinski definition) is 4. The van der Waals surface area contributed by atoms with Crippen LogP contribution in [-0.4, -0.2) is 34.7 Å². The lowest BCUT2D eigenvalue weighted by Gasteiger charge is -2.26. The number of carbonyl (C=O) groups is 3. The Bertz CT molecular complexity index is 901. The second kappa shape index (κ2) is 3.58. The summed E-state index contributed by atoms with van der Waals surface area (Å²) in [5.74, 6) is -1.28. The van der Waals surface area contributed by atoms with E-state index in [1.54, 1.807) is 24.3 Å². The molecule has 0 spiro atoms. The summed E-state index contributed by atoms with van der Waals surface area (Å²) in [7, 11) is 1.43. The molecule has 4 rings (SSSR count). The van der Waals surface area contributed by atoms with Crippen molar-refractivity contribution in [3.8, 4) is 0 Å². The fraction of sp³-hybridized carbons (Fsp3) is 0.0625. The maximum atomic E-state index is 12.2. The molecule has 1 heterocycles. The molecule has 2 amide bonds. The summed E-state index contributed by atoms with van der Waals surface area (Å²) in [6.07, 6.45) is 1.15. The number of carbonyl (C=O) groups excluding carboxylic acids is 3. The predicted molar refractivity (Wildman–Crippen MR) is 75.3 cm³/mol. The van der Waals surface area contributed by atoms with E-state index in [0.717, 1.165) is 11.0 Å². The fourth-order valence-corrected chi connectivity index (χ4v) is 3.00. The van der Waals surface area contributed by atoms with E-state index in [4.69, 9.17) is 0 Å². The molecule has 0 atom stereocenters. The Morgan fingerprint density at radius 1 is 0.810 bits per heavy atom. The molecule has 0 unspecified atom stereocenters. The molecule has 2 aromatic carbocycles. The summed E-state index contributed by atoms with van der Waals surface area (Å²) in [4.78, 5) is 37.6. The van der Waals surface area contributed by atoms with Gasteiger partial charge in [0, 0.05) is 46.1 Å². The Hall–Kier alpha value is -2.95. The highest BCUT2D eigenvalue weighted by molar-refractivity contribution is 6.31. The highest BCUT2D eigenvalue weighted by atomic mass is 16.3. The monoisotopic (exact) mass is 279 g/mol. The van der Waals surface area contributed by atoms with Crippen LogP contribution >= 0.6 is 0 Å². The third kappa shape index (κ3) is 1.27. The van der Waals surface area contributed by atoms with Crippen molar-refractivity contribution < 1.29 is 19.5 Å². The number of benzene rings is 2. The average Bonchev–Trinajstić information content (AvgIpc) is 2.48. The van der Waals surface area contributed by atoms with Gasteiger partial charge in [0.2, 0.25) is 0 Å². The van der Waals surface area contributed by atoms with E-state index in [2.05, 4.69) is 0 Å². The van der Waals surface area contributed by atoms with E-state index < -0.39 is 11.8 Å². The van der Waals surface area contributed by atoms with Crippen LogP contribution < -0.4 is 0 Å². The first-order valence-electron chi connectivity index (χ1n) is 6.38. The quantitative estimate of drug-likeness (QED) is 0.750. The van der Waals surface area contributed by atoms with Crippen LogP contribution in [0.3, 0.4) is 0 Å². The summed E-state index contributed by atoms with van der Waals surface area (Å²) in [5.41, 5.74) is 1.61. The molecule has 1 aliphatic heterocycles. The van der Waals surface area contributed by atoms with Crippen molar-refractivity contribution in [2.45, 2.75) is 0 Å². The molecule has 0 bridgehead atoms. The van der Waals surface area contributed by atoms with Crippen molar-refractivity contribution in [1.29, 1.82) is 0 Å². The first-order chi connectivity index (χ1) is 10.0. The van der Waals surface area contributed by atoms with Crippen LogP contribution in [0.4, 0.5) is 0 Å². The van der Waals surface area contributed by atoms with Gasteiger partial charge in [0.15, 0.2) is 5.78 Å². The summed E-state index contributed by atoms with van der Waals surface area (Å²) >= 11 is 0. The SMILES string of the molecule is CN1C(=O)c2ccc3c4c(ccc(c24)C1=O)C(O)=CC3=O. The lowest BCUT2D eigenvalue weighted by atomic mass is 9.84. The Labute approximate surface area is 119 Å². The van der Waals surface area contributed by atoms with Crippen LogP contribution in [0.15, 0.2) is 30.3 Å². The minimum absolute atomic E-state index is 0.143. The second-order valence-electron chi connectivity index (χ2n) is 5.13. The van der Waals surface area contributed by atoms with Crippen molar-refractivity contribution >= 4 is 34.1 Å². The van der Waals surface area contributed by atoms with E-state index in [1.807, 2.05) is 0 Å². The summed E-state index contributed by atoms with van der Waals surface area (Å²) in [6, 6.07) is 6.31. The van der Waals surface area contributed by atoms with Crippen LogP contribution in [-0.2, 0) is 0 Å². The van der Waals surface area contributed by atoms with E-state index >= 15 is 0 Å². The first-order valence-corrected chi connectivity index (χ1v) is 6.38. The highest BCUT2D eigenvalue weighted by Gasteiger charge is 2.33. The number of rotatable bonds is 0. The normalized spacial score (nSPS) is 16.5. The largest absolute Gasteiger partial charge is 0.507 e. The molecule has 5 heteroatoms. The van der Waals surface area contributed by atoms with Crippen molar-refractivity contribution in [3.05, 3.63) is 52.6 Å². The van der Waals surface area contributed by atoms with Gasteiger partial charge in [0.1, 0.15) is 5.76 Å². The van der Waals surface area contributed by atoms with Gasteiger partial charge in [-0.05, 0) is 24.3 Å². The number of hydrogen-bond donors (Lipinski definition) is 1.